The lowest BCUT2D eigenvalue weighted by molar-refractivity contribution is -0.122. The van der Waals surface area contributed by atoms with E-state index in [0.717, 1.165) is 39.8 Å². The van der Waals surface area contributed by atoms with Gasteiger partial charge in [0.15, 0.2) is 0 Å². The zero-order valence-electron chi connectivity index (χ0n) is 20.7. The minimum Gasteiger partial charge on any atom is -0.390 e. The molecule has 0 saturated heterocycles. The van der Waals surface area contributed by atoms with E-state index >= 15 is 0 Å². The number of nitrogens with one attached hydrogen (secondary N) is 2. The SMILES string of the molecule is CCN(CC)CC(O)Cn1cc(C2=C(c3c[nH]c4ccccc34)C(=O)NC2=O)c2c(SC)cccc21. The summed E-state index contributed by atoms with van der Waals surface area (Å²) >= 11 is 1.60. The van der Waals surface area contributed by atoms with Crippen molar-refractivity contribution in [2.24, 2.45) is 0 Å². The molecule has 5 rings (SSSR count). The number of thioether (sulfide) groups is 1. The minimum absolute atomic E-state index is 0.369. The molecule has 1 atom stereocenters. The number of para-hydroxylation sites is 1. The molecule has 8 heteroatoms. The molecule has 2 aromatic carbocycles. The van der Waals surface area contributed by atoms with Crippen LogP contribution in [0.3, 0.4) is 0 Å². The third-order valence-corrected chi connectivity index (χ3v) is 7.70. The van der Waals surface area contributed by atoms with Crippen LogP contribution in [-0.4, -0.2) is 63.4 Å². The molecule has 0 saturated carbocycles. The van der Waals surface area contributed by atoms with E-state index in [1.807, 2.05) is 59.5 Å². The van der Waals surface area contributed by atoms with Crippen molar-refractivity contribution in [2.75, 3.05) is 25.9 Å². The summed E-state index contributed by atoms with van der Waals surface area (Å²) in [5, 5.41) is 15.2. The number of hydrogen-bond donors (Lipinski definition) is 3. The van der Waals surface area contributed by atoms with Gasteiger partial charge in [0.25, 0.3) is 11.8 Å². The Balaban J connectivity index is 1.70. The number of likely N-dealkylation sites (N-methyl/N-ethyl adjacent to an activating group) is 1. The van der Waals surface area contributed by atoms with E-state index in [0.29, 0.717) is 35.4 Å². The highest BCUT2D eigenvalue weighted by molar-refractivity contribution is 7.98. The lowest BCUT2D eigenvalue weighted by Gasteiger charge is -2.22. The van der Waals surface area contributed by atoms with E-state index in [4.69, 9.17) is 0 Å². The van der Waals surface area contributed by atoms with E-state index < -0.39 is 17.9 Å². The fraction of sp³-hybridized carbons (Fsp3) is 0.286. The van der Waals surface area contributed by atoms with Gasteiger partial charge in [0.05, 0.1) is 17.3 Å². The van der Waals surface area contributed by atoms with Crippen LogP contribution in [-0.2, 0) is 16.1 Å². The van der Waals surface area contributed by atoms with Crippen molar-refractivity contribution in [2.45, 2.75) is 31.4 Å². The lowest BCUT2D eigenvalue weighted by Crippen LogP contribution is -2.34. The van der Waals surface area contributed by atoms with E-state index in [-0.39, 0.29) is 0 Å². The zero-order valence-corrected chi connectivity index (χ0v) is 21.5. The van der Waals surface area contributed by atoms with Gasteiger partial charge in [-0.15, -0.1) is 11.8 Å². The first-order valence-electron chi connectivity index (χ1n) is 12.2. The molecule has 3 heterocycles. The van der Waals surface area contributed by atoms with Crippen molar-refractivity contribution in [3.8, 4) is 0 Å². The first kappa shape index (κ1) is 24.4. The number of benzene rings is 2. The average molecular weight is 503 g/mol. The van der Waals surface area contributed by atoms with Gasteiger partial charge in [-0.25, -0.2) is 0 Å². The van der Waals surface area contributed by atoms with E-state index in [2.05, 4.69) is 29.0 Å². The Bertz CT molecular complexity index is 1500. The molecular weight excluding hydrogens is 472 g/mol. The van der Waals surface area contributed by atoms with Crippen molar-refractivity contribution < 1.29 is 14.7 Å². The van der Waals surface area contributed by atoms with Gasteiger partial charge < -0.3 is 19.6 Å². The molecule has 0 spiro atoms. The summed E-state index contributed by atoms with van der Waals surface area (Å²) in [6.07, 6.45) is 5.13. The molecule has 2 aromatic heterocycles. The molecule has 2 amide bonds. The molecule has 0 fully saturated rings. The average Bonchev–Trinajstić information content (AvgIpc) is 3.55. The normalized spacial score (nSPS) is 15.0. The summed E-state index contributed by atoms with van der Waals surface area (Å²) in [6.45, 7) is 6.84. The Kier molecular flexibility index (Phi) is 6.75. The number of H-pyrrole nitrogens is 1. The summed E-state index contributed by atoms with van der Waals surface area (Å²) in [4.78, 5) is 32.8. The maximum atomic E-state index is 13.3. The summed E-state index contributed by atoms with van der Waals surface area (Å²) in [7, 11) is 0. The smallest absolute Gasteiger partial charge is 0.259 e. The molecule has 0 radical (unpaired) electrons. The fourth-order valence-corrected chi connectivity index (χ4v) is 5.78. The van der Waals surface area contributed by atoms with Gasteiger partial charge in [0.1, 0.15) is 0 Å². The van der Waals surface area contributed by atoms with Crippen molar-refractivity contribution in [1.82, 2.24) is 19.8 Å². The highest BCUT2D eigenvalue weighted by atomic mass is 32.2. The number of imide groups is 1. The number of aromatic nitrogens is 2. The van der Waals surface area contributed by atoms with Crippen LogP contribution in [0, 0.1) is 0 Å². The quantitative estimate of drug-likeness (QED) is 0.237. The molecule has 0 bridgehead atoms. The van der Waals surface area contributed by atoms with Crippen LogP contribution in [0.2, 0.25) is 0 Å². The van der Waals surface area contributed by atoms with Crippen LogP contribution in [0.15, 0.2) is 59.8 Å². The van der Waals surface area contributed by atoms with Crippen molar-refractivity contribution >= 4 is 56.5 Å². The Labute approximate surface area is 214 Å². The molecule has 1 unspecified atom stereocenters. The summed E-state index contributed by atoms with van der Waals surface area (Å²) in [6, 6.07) is 13.8. The topological polar surface area (TPSA) is 90.4 Å². The molecule has 4 aromatic rings. The minimum atomic E-state index is -0.576. The third-order valence-electron chi connectivity index (χ3n) is 6.92. The first-order valence-corrected chi connectivity index (χ1v) is 13.4. The number of aliphatic hydroxyl groups is 1. The second-order valence-corrected chi connectivity index (χ2v) is 9.82. The van der Waals surface area contributed by atoms with Crippen LogP contribution in [0.25, 0.3) is 33.0 Å². The van der Waals surface area contributed by atoms with Crippen molar-refractivity contribution in [3.63, 3.8) is 0 Å². The highest BCUT2D eigenvalue weighted by Gasteiger charge is 2.35. The van der Waals surface area contributed by atoms with E-state index in [1.165, 1.54) is 0 Å². The molecular formula is C28H30N4O3S. The van der Waals surface area contributed by atoms with Gasteiger partial charge >= 0.3 is 0 Å². The number of carbonyl (C=O) groups excluding carboxylic acids is 2. The number of rotatable bonds is 9. The summed E-state index contributed by atoms with van der Waals surface area (Å²) in [5.41, 5.74) is 3.97. The summed E-state index contributed by atoms with van der Waals surface area (Å²) < 4.78 is 2.01. The molecule has 36 heavy (non-hydrogen) atoms. The van der Waals surface area contributed by atoms with Crippen LogP contribution in [0.1, 0.15) is 25.0 Å². The van der Waals surface area contributed by atoms with Crippen molar-refractivity contribution in [3.05, 3.63) is 66.0 Å². The maximum Gasteiger partial charge on any atom is 0.259 e. The summed E-state index contributed by atoms with van der Waals surface area (Å²) in [5.74, 6) is -0.803. The predicted octanol–water partition coefficient (Wildman–Crippen LogP) is 4.11. The third kappa shape index (κ3) is 4.15. The predicted molar refractivity (Wildman–Crippen MR) is 146 cm³/mol. The number of nitrogens with zero attached hydrogens (tertiary/aromatic N) is 2. The number of aliphatic hydroxyl groups excluding tert-OH is 1. The number of fused-ring (bicyclic) bond motifs is 2. The molecule has 7 nitrogen and oxygen atoms in total. The number of carbonyl (C=O) groups is 2. The molecule has 1 aliphatic heterocycles. The van der Waals surface area contributed by atoms with Gasteiger partial charge in [-0.05, 0) is 37.5 Å². The van der Waals surface area contributed by atoms with Crippen molar-refractivity contribution in [1.29, 1.82) is 0 Å². The van der Waals surface area contributed by atoms with Gasteiger partial charge in [0.2, 0.25) is 0 Å². The molecule has 186 valence electrons. The van der Waals surface area contributed by atoms with Crippen LogP contribution >= 0.6 is 11.8 Å². The molecule has 0 aliphatic carbocycles. The Morgan fingerprint density at radius 3 is 2.44 bits per heavy atom. The number of aromatic amines is 1. The Morgan fingerprint density at radius 1 is 1.00 bits per heavy atom. The van der Waals surface area contributed by atoms with Crippen LogP contribution in [0.5, 0.6) is 0 Å². The molecule has 1 aliphatic rings. The largest absolute Gasteiger partial charge is 0.390 e. The van der Waals surface area contributed by atoms with Crippen LogP contribution in [0.4, 0.5) is 0 Å². The van der Waals surface area contributed by atoms with Gasteiger partial charge in [-0.2, -0.15) is 0 Å². The first-order chi connectivity index (χ1) is 17.5. The van der Waals surface area contributed by atoms with Crippen LogP contribution < -0.4 is 5.32 Å². The molecule has 3 N–H and O–H groups in total. The Morgan fingerprint density at radius 2 is 1.72 bits per heavy atom. The second kappa shape index (κ2) is 9.97. The second-order valence-electron chi connectivity index (χ2n) is 8.97. The monoisotopic (exact) mass is 502 g/mol. The number of amides is 2. The fourth-order valence-electron chi connectivity index (χ4n) is 5.14. The van der Waals surface area contributed by atoms with Gasteiger partial charge in [0, 0.05) is 63.3 Å². The zero-order chi connectivity index (χ0) is 25.4. The maximum absolute atomic E-state index is 13.3. The lowest BCUT2D eigenvalue weighted by atomic mass is 9.95. The van der Waals surface area contributed by atoms with E-state index in [1.54, 1.807) is 18.0 Å². The number of hydrogen-bond acceptors (Lipinski definition) is 5. The standard InChI is InChI=1S/C28H30N4O3S/c1-4-31(5-2)14-17(33)15-32-16-20(24-22(32)11-8-12-23(24)36-3)26-25(27(34)30-28(26)35)19-13-29-21-10-7-6-9-18(19)21/h6-13,16-17,29,33H,4-5,14-15H2,1-3H3,(H,30,34,35). The van der Waals surface area contributed by atoms with Gasteiger partial charge in [-0.3, -0.25) is 14.9 Å². The Hall–Kier alpha value is -3.33. The highest BCUT2D eigenvalue weighted by Crippen LogP contribution is 2.41. The van der Waals surface area contributed by atoms with Gasteiger partial charge in [-0.1, -0.05) is 38.1 Å². The van der Waals surface area contributed by atoms with E-state index in [9.17, 15) is 14.7 Å².